The lowest BCUT2D eigenvalue weighted by atomic mass is 10.5. The molecule has 0 radical (unpaired) electrons. The summed E-state index contributed by atoms with van der Waals surface area (Å²) in [5, 5.41) is 2.98. The van der Waals surface area contributed by atoms with E-state index in [0.717, 1.165) is 12.1 Å². The second kappa shape index (κ2) is 6.39. The van der Waals surface area contributed by atoms with Gasteiger partial charge in [0.05, 0.1) is 12.3 Å². The quantitative estimate of drug-likeness (QED) is 0.660. The van der Waals surface area contributed by atoms with Gasteiger partial charge in [0.2, 0.25) is 0 Å². The topological polar surface area (TPSA) is 56.5 Å². The lowest BCUT2D eigenvalue weighted by Crippen LogP contribution is -2.05. The highest BCUT2D eigenvalue weighted by Crippen LogP contribution is 2.09. The summed E-state index contributed by atoms with van der Waals surface area (Å²) in [4.78, 5) is 4.11. The molecule has 5 heteroatoms. The predicted octanol–water partition coefficient (Wildman–Crippen LogP) is 0.809. The molecular formula is C9H16N2O3. The smallest absolute Gasteiger partial charge is 0.393 e. The first-order chi connectivity index (χ1) is 6.86. The van der Waals surface area contributed by atoms with Crippen molar-refractivity contribution in [2.24, 2.45) is 0 Å². The number of methoxy groups -OCH3 is 1. The van der Waals surface area contributed by atoms with E-state index < -0.39 is 0 Å². The van der Waals surface area contributed by atoms with Crippen LogP contribution in [0.3, 0.4) is 0 Å². The maximum atomic E-state index is 5.25. The van der Waals surface area contributed by atoms with E-state index >= 15 is 0 Å². The monoisotopic (exact) mass is 200 g/mol. The van der Waals surface area contributed by atoms with Crippen LogP contribution in [-0.2, 0) is 11.3 Å². The standard InChI is InChI=1S/C9H16N2O3/c1-10-6-8-7-14-9(11-8)13-5-3-4-12-2/h7,10H,3-6H2,1-2H3. The summed E-state index contributed by atoms with van der Waals surface area (Å²) < 4.78 is 15.2. The molecule has 0 fully saturated rings. The number of aromatic nitrogens is 1. The summed E-state index contributed by atoms with van der Waals surface area (Å²) in [6, 6.07) is 0. The summed E-state index contributed by atoms with van der Waals surface area (Å²) >= 11 is 0. The minimum absolute atomic E-state index is 0.325. The zero-order valence-corrected chi connectivity index (χ0v) is 8.58. The van der Waals surface area contributed by atoms with Gasteiger partial charge in [0.1, 0.15) is 6.26 Å². The van der Waals surface area contributed by atoms with Crippen molar-refractivity contribution in [3.05, 3.63) is 12.0 Å². The largest absolute Gasteiger partial charge is 0.450 e. The molecule has 0 unspecified atom stereocenters. The van der Waals surface area contributed by atoms with E-state index in [-0.39, 0.29) is 0 Å². The number of ether oxygens (including phenoxy) is 2. The van der Waals surface area contributed by atoms with Crippen molar-refractivity contribution < 1.29 is 13.9 Å². The van der Waals surface area contributed by atoms with Crippen LogP contribution in [0, 0.1) is 0 Å². The molecule has 0 saturated heterocycles. The lowest BCUT2D eigenvalue weighted by Gasteiger charge is -1.99. The van der Waals surface area contributed by atoms with Crippen molar-refractivity contribution in [2.75, 3.05) is 27.4 Å². The molecule has 0 bridgehead atoms. The average molecular weight is 200 g/mol. The SMILES string of the molecule is CNCc1coc(OCCCOC)n1. The molecule has 1 N–H and O–H groups in total. The minimum atomic E-state index is 0.325. The zero-order valence-electron chi connectivity index (χ0n) is 8.58. The van der Waals surface area contributed by atoms with Gasteiger partial charge in [-0.05, 0) is 7.05 Å². The highest BCUT2D eigenvalue weighted by atomic mass is 16.6. The Morgan fingerprint density at radius 3 is 3.07 bits per heavy atom. The van der Waals surface area contributed by atoms with Crippen molar-refractivity contribution in [2.45, 2.75) is 13.0 Å². The van der Waals surface area contributed by atoms with Crippen LogP contribution in [0.1, 0.15) is 12.1 Å². The number of oxazole rings is 1. The lowest BCUT2D eigenvalue weighted by molar-refractivity contribution is 0.157. The normalized spacial score (nSPS) is 10.4. The molecule has 0 aromatic carbocycles. The van der Waals surface area contributed by atoms with Gasteiger partial charge in [-0.1, -0.05) is 0 Å². The molecule has 80 valence electrons. The van der Waals surface area contributed by atoms with Crippen LogP contribution in [-0.4, -0.2) is 32.4 Å². The third-order valence-electron chi connectivity index (χ3n) is 1.61. The average Bonchev–Trinajstić information content (AvgIpc) is 2.61. The van der Waals surface area contributed by atoms with Crippen molar-refractivity contribution in [1.29, 1.82) is 0 Å². The van der Waals surface area contributed by atoms with E-state index in [1.165, 1.54) is 0 Å². The van der Waals surface area contributed by atoms with Gasteiger partial charge in [0.25, 0.3) is 0 Å². The van der Waals surface area contributed by atoms with Gasteiger partial charge in [-0.25, -0.2) is 0 Å². The molecule has 1 rings (SSSR count). The minimum Gasteiger partial charge on any atom is -0.450 e. The van der Waals surface area contributed by atoms with Gasteiger partial charge in [-0.2, -0.15) is 4.98 Å². The molecule has 0 spiro atoms. The number of nitrogens with zero attached hydrogens (tertiary/aromatic N) is 1. The zero-order chi connectivity index (χ0) is 10.2. The maximum Gasteiger partial charge on any atom is 0.393 e. The van der Waals surface area contributed by atoms with E-state index in [9.17, 15) is 0 Å². The fourth-order valence-corrected chi connectivity index (χ4v) is 0.980. The van der Waals surface area contributed by atoms with E-state index in [1.54, 1.807) is 13.4 Å². The van der Waals surface area contributed by atoms with Gasteiger partial charge in [-0.3, -0.25) is 0 Å². The van der Waals surface area contributed by atoms with Crippen LogP contribution in [0.2, 0.25) is 0 Å². The van der Waals surface area contributed by atoms with Crippen LogP contribution in [0.15, 0.2) is 10.7 Å². The van der Waals surface area contributed by atoms with Gasteiger partial charge in [0, 0.05) is 26.7 Å². The van der Waals surface area contributed by atoms with Crippen molar-refractivity contribution in [3.8, 4) is 6.08 Å². The van der Waals surface area contributed by atoms with E-state index in [4.69, 9.17) is 13.9 Å². The van der Waals surface area contributed by atoms with Crippen molar-refractivity contribution in [1.82, 2.24) is 10.3 Å². The molecule has 0 saturated carbocycles. The van der Waals surface area contributed by atoms with Gasteiger partial charge < -0.3 is 19.2 Å². The van der Waals surface area contributed by atoms with Crippen LogP contribution in [0.4, 0.5) is 0 Å². The molecule has 1 heterocycles. The van der Waals surface area contributed by atoms with Gasteiger partial charge in [-0.15, -0.1) is 0 Å². The first kappa shape index (κ1) is 11.0. The first-order valence-electron chi connectivity index (χ1n) is 4.57. The van der Waals surface area contributed by atoms with Crippen molar-refractivity contribution >= 4 is 0 Å². The molecule has 0 aliphatic rings. The second-order valence-electron chi connectivity index (χ2n) is 2.83. The Morgan fingerprint density at radius 2 is 2.36 bits per heavy atom. The fourth-order valence-electron chi connectivity index (χ4n) is 0.980. The third kappa shape index (κ3) is 3.76. The molecule has 14 heavy (non-hydrogen) atoms. The molecule has 0 aliphatic carbocycles. The van der Waals surface area contributed by atoms with E-state index in [0.29, 0.717) is 25.8 Å². The fraction of sp³-hybridized carbons (Fsp3) is 0.667. The molecule has 1 aromatic heterocycles. The van der Waals surface area contributed by atoms with Gasteiger partial charge >= 0.3 is 6.08 Å². The predicted molar refractivity (Wildman–Crippen MR) is 51.3 cm³/mol. The summed E-state index contributed by atoms with van der Waals surface area (Å²) in [6.07, 6.45) is 2.74. The maximum absolute atomic E-state index is 5.25. The van der Waals surface area contributed by atoms with Gasteiger partial charge in [0.15, 0.2) is 0 Å². The second-order valence-corrected chi connectivity index (χ2v) is 2.83. The Hall–Kier alpha value is -1.07. The van der Waals surface area contributed by atoms with Crippen LogP contribution in [0.25, 0.3) is 0 Å². The Labute approximate surface area is 83.4 Å². The van der Waals surface area contributed by atoms with Crippen LogP contribution in [0.5, 0.6) is 6.08 Å². The molecule has 0 atom stereocenters. The molecular weight excluding hydrogens is 184 g/mol. The Kier molecular flexibility index (Phi) is 5.03. The highest BCUT2D eigenvalue weighted by Gasteiger charge is 2.03. The summed E-state index contributed by atoms with van der Waals surface area (Å²) in [6.45, 7) is 1.93. The molecule has 0 amide bonds. The number of hydrogen-bond acceptors (Lipinski definition) is 5. The van der Waals surface area contributed by atoms with E-state index in [1.807, 2.05) is 7.05 Å². The number of nitrogens with one attached hydrogen (secondary N) is 1. The van der Waals surface area contributed by atoms with Crippen LogP contribution < -0.4 is 10.1 Å². The molecule has 5 nitrogen and oxygen atoms in total. The first-order valence-corrected chi connectivity index (χ1v) is 4.57. The van der Waals surface area contributed by atoms with Crippen LogP contribution >= 0.6 is 0 Å². The Morgan fingerprint density at radius 1 is 1.50 bits per heavy atom. The number of rotatable bonds is 7. The highest BCUT2D eigenvalue weighted by molar-refractivity contribution is 4.99. The summed E-state index contributed by atoms with van der Waals surface area (Å²) in [5.74, 6) is 0. The Balaban J connectivity index is 2.22. The van der Waals surface area contributed by atoms with Crippen molar-refractivity contribution in [3.63, 3.8) is 0 Å². The summed E-state index contributed by atoms with van der Waals surface area (Å²) in [7, 11) is 3.52. The molecule has 1 aromatic rings. The van der Waals surface area contributed by atoms with E-state index in [2.05, 4.69) is 10.3 Å². The number of hydrogen-bond donors (Lipinski definition) is 1. The molecule has 0 aliphatic heterocycles. The third-order valence-corrected chi connectivity index (χ3v) is 1.61. The Bertz CT molecular complexity index is 250. The summed E-state index contributed by atoms with van der Waals surface area (Å²) in [5.41, 5.74) is 0.842.